The van der Waals surface area contributed by atoms with Crippen LogP contribution in [0.4, 0.5) is 5.69 Å². The molecule has 0 spiro atoms. The average Bonchev–Trinajstić information content (AvgIpc) is 3.11. The topological polar surface area (TPSA) is 85.6 Å². The minimum atomic E-state index is -0.356. The van der Waals surface area contributed by atoms with Crippen LogP contribution in [0.5, 0.6) is 6.01 Å². The van der Waals surface area contributed by atoms with E-state index < -0.39 is 0 Å². The molecule has 2 aliphatic rings. The van der Waals surface area contributed by atoms with Gasteiger partial charge in [-0.1, -0.05) is 30.3 Å². The normalized spacial score (nSPS) is 24.8. The van der Waals surface area contributed by atoms with Gasteiger partial charge in [-0.2, -0.15) is 4.98 Å². The van der Waals surface area contributed by atoms with Gasteiger partial charge in [0.05, 0.1) is 12.7 Å². The van der Waals surface area contributed by atoms with Gasteiger partial charge in [0.1, 0.15) is 11.8 Å². The summed E-state index contributed by atoms with van der Waals surface area (Å²) in [4.78, 5) is 16.1. The van der Waals surface area contributed by atoms with Gasteiger partial charge in [-0.3, -0.25) is 9.36 Å². The fourth-order valence-corrected chi connectivity index (χ4v) is 2.96. The van der Waals surface area contributed by atoms with Crippen molar-refractivity contribution in [1.29, 1.82) is 0 Å². The Bertz CT molecular complexity index is 762. The van der Waals surface area contributed by atoms with Crippen molar-refractivity contribution in [3.63, 3.8) is 0 Å². The number of rotatable bonds is 4. The van der Waals surface area contributed by atoms with Crippen molar-refractivity contribution in [3.05, 3.63) is 52.4 Å². The maximum Gasteiger partial charge on any atom is 0.302 e. The predicted octanol–water partition coefficient (Wildman–Crippen LogP) is 0.896. The van der Waals surface area contributed by atoms with E-state index in [0.717, 1.165) is 5.56 Å². The van der Waals surface area contributed by atoms with Crippen LogP contribution in [0.2, 0.25) is 0 Å². The third-order valence-electron chi connectivity index (χ3n) is 4.12. The monoisotopic (exact) mass is 315 g/mol. The van der Waals surface area contributed by atoms with Crippen LogP contribution in [0.1, 0.15) is 18.2 Å². The molecule has 1 saturated heterocycles. The summed E-state index contributed by atoms with van der Waals surface area (Å²) >= 11 is 0. The number of hydrogen-bond donors (Lipinski definition) is 2. The Morgan fingerprint density at radius 1 is 1.35 bits per heavy atom. The largest absolute Gasteiger partial charge is 0.456 e. The lowest BCUT2D eigenvalue weighted by atomic mass is 10.2. The Balaban J connectivity index is 1.56. The molecule has 4 rings (SSSR count). The lowest BCUT2D eigenvalue weighted by Crippen LogP contribution is -2.19. The molecule has 3 heterocycles. The highest BCUT2D eigenvalue weighted by Crippen LogP contribution is 2.38. The molecule has 120 valence electrons. The summed E-state index contributed by atoms with van der Waals surface area (Å²) in [6.45, 7) is 0.491. The maximum atomic E-state index is 12.1. The van der Waals surface area contributed by atoms with Crippen molar-refractivity contribution in [1.82, 2.24) is 9.55 Å². The second kappa shape index (κ2) is 5.68. The summed E-state index contributed by atoms with van der Waals surface area (Å²) in [5.74, 6) is 0. The Hall–Kier alpha value is -2.38. The first-order valence-electron chi connectivity index (χ1n) is 7.58. The second-order valence-electron chi connectivity index (χ2n) is 5.71. The smallest absolute Gasteiger partial charge is 0.302 e. The molecule has 7 heteroatoms. The first kappa shape index (κ1) is 14.2. The number of aliphatic hydroxyl groups is 1. The van der Waals surface area contributed by atoms with Crippen LogP contribution in [0.25, 0.3) is 0 Å². The maximum absolute atomic E-state index is 12.1. The van der Waals surface area contributed by atoms with Gasteiger partial charge in [0, 0.05) is 19.2 Å². The third kappa shape index (κ3) is 2.58. The molecule has 0 amide bonds. The molecule has 2 aromatic rings. The van der Waals surface area contributed by atoms with Crippen molar-refractivity contribution in [2.75, 3.05) is 11.9 Å². The van der Waals surface area contributed by atoms with Crippen molar-refractivity contribution in [2.24, 2.45) is 0 Å². The number of hydrogen-bond acceptors (Lipinski definition) is 6. The number of anilines is 1. The van der Waals surface area contributed by atoms with E-state index in [1.807, 2.05) is 30.3 Å². The highest BCUT2D eigenvalue weighted by Gasteiger charge is 2.44. The van der Waals surface area contributed by atoms with E-state index >= 15 is 0 Å². The Morgan fingerprint density at radius 2 is 2.17 bits per heavy atom. The van der Waals surface area contributed by atoms with Crippen molar-refractivity contribution in [3.8, 4) is 6.01 Å². The molecular weight excluding hydrogens is 298 g/mol. The van der Waals surface area contributed by atoms with Crippen LogP contribution >= 0.6 is 0 Å². The summed E-state index contributed by atoms with van der Waals surface area (Å²) in [6, 6.07) is 10.1. The molecule has 2 N–H and O–H groups in total. The molecule has 1 aromatic heterocycles. The second-order valence-corrected chi connectivity index (χ2v) is 5.71. The van der Waals surface area contributed by atoms with Gasteiger partial charge in [0.25, 0.3) is 5.56 Å². The SMILES string of the molecule is O=c1nc2n(cc1NCc1ccccc1)[C@@H]1O[C@H](CO)C[C@@H]1O2. The molecule has 0 radical (unpaired) electrons. The van der Waals surface area contributed by atoms with E-state index in [1.54, 1.807) is 10.8 Å². The molecule has 2 aliphatic heterocycles. The van der Waals surface area contributed by atoms with Crippen molar-refractivity contribution >= 4 is 5.69 Å². The zero-order chi connectivity index (χ0) is 15.8. The minimum Gasteiger partial charge on any atom is -0.456 e. The van der Waals surface area contributed by atoms with Crippen LogP contribution in [-0.2, 0) is 11.3 Å². The molecule has 0 unspecified atom stereocenters. The number of nitrogens with zero attached hydrogens (tertiary/aromatic N) is 2. The fourth-order valence-electron chi connectivity index (χ4n) is 2.96. The molecule has 1 aromatic carbocycles. The van der Waals surface area contributed by atoms with Crippen LogP contribution in [0, 0.1) is 0 Å². The Labute approximate surface area is 132 Å². The molecule has 0 saturated carbocycles. The highest BCUT2D eigenvalue weighted by molar-refractivity contribution is 5.40. The van der Waals surface area contributed by atoms with Gasteiger partial charge in [-0.15, -0.1) is 0 Å². The van der Waals surface area contributed by atoms with E-state index in [1.165, 1.54) is 0 Å². The lowest BCUT2D eigenvalue weighted by molar-refractivity contribution is -0.0255. The van der Waals surface area contributed by atoms with Crippen LogP contribution in [0.3, 0.4) is 0 Å². The van der Waals surface area contributed by atoms with Gasteiger partial charge in [-0.05, 0) is 5.56 Å². The van der Waals surface area contributed by atoms with Crippen LogP contribution < -0.4 is 15.6 Å². The molecule has 7 nitrogen and oxygen atoms in total. The Kier molecular flexibility index (Phi) is 3.51. The molecular formula is C16H17N3O4. The number of ether oxygens (including phenoxy) is 2. The zero-order valence-corrected chi connectivity index (χ0v) is 12.4. The number of fused-ring (bicyclic) bond motifs is 3. The van der Waals surface area contributed by atoms with E-state index in [9.17, 15) is 9.90 Å². The molecule has 23 heavy (non-hydrogen) atoms. The molecule has 0 bridgehead atoms. The minimum absolute atomic E-state index is 0.0432. The van der Waals surface area contributed by atoms with Crippen LogP contribution in [0.15, 0.2) is 41.3 Å². The molecule has 3 atom stereocenters. The fraction of sp³-hybridized carbons (Fsp3) is 0.375. The standard InChI is InChI=1S/C16H17N3O4/c20-9-11-6-13-15(22-11)19-8-12(14(21)18-16(19)23-13)17-7-10-4-2-1-3-5-10/h1-5,8,11,13,15,17,20H,6-7,9H2/t11-,13-,15+/m0/s1. The van der Waals surface area contributed by atoms with E-state index in [2.05, 4.69) is 10.3 Å². The van der Waals surface area contributed by atoms with E-state index in [-0.39, 0.29) is 36.6 Å². The van der Waals surface area contributed by atoms with E-state index in [4.69, 9.17) is 9.47 Å². The summed E-state index contributed by atoms with van der Waals surface area (Å²) < 4.78 is 13.1. The zero-order valence-electron chi connectivity index (χ0n) is 12.4. The lowest BCUT2D eigenvalue weighted by Gasteiger charge is -2.13. The molecule has 0 aliphatic carbocycles. The first-order valence-corrected chi connectivity index (χ1v) is 7.58. The van der Waals surface area contributed by atoms with Crippen LogP contribution in [-0.4, -0.2) is 33.5 Å². The van der Waals surface area contributed by atoms with Gasteiger partial charge < -0.3 is 19.9 Å². The summed E-state index contributed by atoms with van der Waals surface area (Å²) in [5, 5.41) is 12.3. The number of aromatic nitrogens is 2. The van der Waals surface area contributed by atoms with Crippen molar-refractivity contribution in [2.45, 2.75) is 31.4 Å². The van der Waals surface area contributed by atoms with Crippen molar-refractivity contribution < 1.29 is 14.6 Å². The van der Waals surface area contributed by atoms with Gasteiger partial charge >= 0.3 is 6.01 Å². The number of benzene rings is 1. The Morgan fingerprint density at radius 3 is 2.96 bits per heavy atom. The predicted molar refractivity (Wildman–Crippen MR) is 82.3 cm³/mol. The van der Waals surface area contributed by atoms with Gasteiger partial charge in [0.2, 0.25) is 0 Å². The summed E-state index contributed by atoms with van der Waals surface area (Å²) in [6.07, 6.45) is 1.48. The highest BCUT2D eigenvalue weighted by atomic mass is 16.6. The first-order chi connectivity index (χ1) is 11.2. The summed E-state index contributed by atoms with van der Waals surface area (Å²) in [5.41, 5.74) is 1.12. The summed E-state index contributed by atoms with van der Waals surface area (Å²) in [7, 11) is 0. The van der Waals surface area contributed by atoms with Gasteiger partial charge in [0.15, 0.2) is 6.23 Å². The number of aliphatic hydroxyl groups excluding tert-OH is 1. The van der Waals surface area contributed by atoms with Gasteiger partial charge in [-0.25, -0.2) is 0 Å². The quantitative estimate of drug-likeness (QED) is 0.872. The average molecular weight is 315 g/mol. The number of nitrogens with one attached hydrogen (secondary N) is 1. The molecule has 1 fully saturated rings. The van der Waals surface area contributed by atoms with E-state index in [0.29, 0.717) is 18.7 Å². The third-order valence-corrected chi connectivity index (χ3v) is 4.12.